The molecule has 1 aliphatic rings. The minimum Gasteiger partial charge on any atom is -0.462 e. The number of carbonyl (C=O) groups excluding carboxylic acids is 1. The van der Waals surface area contributed by atoms with E-state index in [1.54, 1.807) is 0 Å². The van der Waals surface area contributed by atoms with Crippen molar-refractivity contribution in [1.29, 1.82) is 0 Å². The van der Waals surface area contributed by atoms with E-state index < -0.39 is 8.24 Å². The Bertz CT molecular complexity index is 805. The van der Waals surface area contributed by atoms with Crippen LogP contribution in [0.15, 0.2) is 18.5 Å². The molecule has 1 atom stereocenters. The Morgan fingerprint density at radius 3 is 2.54 bits per heavy atom. The van der Waals surface area contributed by atoms with Crippen LogP contribution in [0.25, 0.3) is 11.0 Å². The summed E-state index contributed by atoms with van der Waals surface area (Å²) in [6, 6.07) is 2.05. The van der Waals surface area contributed by atoms with Gasteiger partial charge in [-0.2, -0.15) is 0 Å². The van der Waals surface area contributed by atoms with Crippen molar-refractivity contribution in [3.8, 4) is 0 Å². The van der Waals surface area contributed by atoms with Crippen LogP contribution >= 0.6 is 11.6 Å². The average Bonchev–Trinajstić information content (AvgIpc) is 3.02. The average molecular weight is 366 g/mol. The third-order valence-corrected chi connectivity index (χ3v) is 12.6. The van der Waals surface area contributed by atoms with E-state index in [-0.39, 0.29) is 5.97 Å². The standard InChI is InChI=1S/C18H26ClN2O2Si/c1-7-23-18(22)15-10-20-13(6)24(11(2)3,12(4)5)21-9-8-14(16(15)19)17(20)21/h8-13H,7H2,1-6H3/q+1. The molecule has 4 nitrogen and oxygen atoms in total. The van der Waals surface area contributed by atoms with Crippen LogP contribution in [-0.4, -0.2) is 25.0 Å². The first kappa shape index (κ1) is 17.5. The second-order valence-corrected chi connectivity index (χ2v) is 13.1. The number of carbonyl (C=O) groups is 1. The maximum absolute atomic E-state index is 12.3. The van der Waals surface area contributed by atoms with Gasteiger partial charge in [0.1, 0.15) is 17.4 Å². The Kier molecular flexibility index (Phi) is 4.29. The van der Waals surface area contributed by atoms with Crippen LogP contribution in [-0.2, 0) is 4.74 Å². The topological polar surface area (TPSA) is 35.1 Å². The number of rotatable bonds is 4. The molecule has 0 N–H and O–H groups in total. The Morgan fingerprint density at radius 2 is 2.00 bits per heavy atom. The van der Waals surface area contributed by atoms with Crippen LogP contribution in [0.2, 0.25) is 16.1 Å². The van der Waals surface area contributed by atoms with E-state index in [9.17, 15) is 4.79 Å². The molecule has 0 aromatic carbocycles. The maximum atomic E-state index is 12.3. The molecule has 3 rings (SSSR count). The van der Waals surface area contributed by atoms with Gasteiger partial charge in [0.25, 0.3) is 5.65 Å². The predicted octanol–water partition coefficient (Wildman–Crippen LogP) is 4.49. The van der Waals surface area contributed by atoms with Crippen molar-refractivity contribution in [3.05, 3.63) is 29.0 Å². The number of halogens is 1. The van der Waals surface area contributed by atoms with Gasteiger partial charge >= 0.3 is 14.2 Å². The summed E-state index contributed by atoms with van der Waals surface area (Å²) in [6.07, 6.45) is 4.08. The van der Waals surface area contributed by atoms with Crippen molar-refractivity contribution in [3.63, 3.8) is 0 Å². The zero-order valence-corrected chi connectivity index (χ0v) is 17.0. The number of hydrogen-bond acceptors (Lipinski definition) is 2. The molecular formula is C18H26ClN2O2Si+. The quantitative estimate of drug-likeness (QED) is 0.454. The van der Waals surface area contributed by atoms with Gasteiger partial charge in [-0.05, 0) is 31.0 Å². The van der Waals surface area contributed by atoms with Crippen LogP contribution in [0.4, 0.5) is 0 Å². The number of pyridine rings is 1. The van der Waals surface area contributed by atoms with Gasteiger partial charge in [0.2, 0.25) is 0 Å². The van der Waals surface area contributed by atoms with Gasteiger partial charge in [-0.1, -0.05) is 39.3 Å². The van der Waals surface area contributed by atoms with Gasteiger partial charge in [0, 0.05) is 0 Å². The number of aromatic nitrogens is 2. The molecule has 6 heteroatoms. The molecule has 0 aliphatic carbocycles. The van der Waals surface area contributed by atoms with Crippen molar-refractivity contribution in [2.45, 2.75) is 58.3 Å². The third-order valence-electron chi connectivity index (χ3n) is 5.69. The Morgan fingerprint density at radius 1 is 1.38 bits per heavy atom. The SMILES string of the molecule is CCOC(=O)c1c[n+]2c3c(ccn3[Si](C(C)C)(C(C)C)C2C)c1Cl. The third kappa shape index (κ3) is 2.04. The lowest BCUT2D eigenvalue weighted by Crippen LogP contribution is -2.56. The second kappa shape index (κ2) is 5.88. The molecule has 0 amide bonds. The van der Waals surface area contributed by atoms with E-state index in [4.69, 9.17) is 16.3 Å². The Hall–Kier alpha value is -1.33. The highest BCUT2D eigenvalue weighted by Crippen LogP contribution is 2.46. The molecule has 0 spiro atoms. The van der Waals surface area contributed by atoms with Crippen LogP contribution in [0.5, 0.6) is 0 Å². The molecule has 1 aliphatic heterocycles. The first-order valence-corrected chi connectivity index (χ1v) is 11.3. The zero-order valence-electron chi connectivity index (χ0n) is 15.3. The fraction of sp³-hybridized carbons (Fsp3) is 0.556. The van der Waals surface area contributed by atoms with Crippen LogP contribution in [0, 0.1) is 0 Å². The van der Waals surface area contributed by atoms with Gasteiger partial charge in [-0.15, -0.1) is 0 Å². The van der Waals surface area contributed by atoms with E-state index in [2.05, 4.69) is 55.7 Å². The van der Waals surface area contributed by atoms with Crippen LogP contribution in [0.3, 0.4) is 0 Å². The summed E-state index contributed by atoms with van der Waals surface area (Å²) in [4.78, 5) is 12.3. The molecule has 3 heterocycles. The fourth-order valence-electron chi connectivity index (χ4n) is 4.83. The number of hydrogen-bond donors (Lipinski definition) is 0. The van der Waals surface area contributed by atoms with Gasteiger partial charge in [0.05, 0.1) is 23.2 Å². The van der Waals surface area contributed by atoms with Gasteiger partial charge in [0.15, 0.2) is 0 Å². The highest BCUT2D eigenvalue weighted by molar-refractivity contribution is 6.82. The van der Waals surface area contributed by atoms with Crippen LogP contribution in [0.1, 0.15) is 57.6 Å². The van der Waals surface area contributed by atoms with Crippen molar-refractivity contribution in [2.24, 2.45) is 0 Å². The number of esters is 1. The van der Waals surface area contributed by atoms with Crippen LogP contribution < -0.4 is 4.57 Å². The highest BCUT2D eigenvalue weighted by atomic mass is 35.5. The zero-order chi connectivity index (χ0) is 17.8. The summed E-state index contributed by atoms with van der Waals surface area (Å²) in [5.74, 6) is -0.346. The molecule has 130 valence electrons. The molecule has 0 saturated heterocycles. The van der Waals surface area contributed by atoms with Crippen molar-refractivity contribution in [2.75, 3.05) is 6.61 Å². The molecule has 2 aromatic rings. The molecule has 1 unspecified atom stereocenters. The smallest absolute Gasteiger partial charge is 0.343 e. The van der Waals surface area contributed by atoms with Crippen molar-refractivity contribution >= 4 is 36.8 Å². The number of ether oxygens (including phenoxy) is 1. The van der Waals surface area contributed by atoms with E-state index in [0.717, 1.165) is 11.0 Å². The summed E-state index contributed by atoms with van der Waals surface area (Å²) in [7, 11) is -1.87. The minimum absolute atomic E-state index is 0.346. The van der Waals surface area contributed by atoms with Crippen molar-refractivity contribution < 1.29 is 14.1 Å². The summed E-state index contributed by atoms with van der Waals surface area (Å²) in [6.45, 7) is 13.8. The summed E-state index contributed by atoms with van der Waals surface area (Å²) < 4.78 is 9.97. The first-order chi connectivity index (χ1) is 11.3. The molecule has 0 saturated carbocycles. The minimum atomic E-state index is -1.87. The molecule has 0 bridgehead atoms. The van der Waals surface area contributed by atoms with Crippen molar-refractivity contribution in [1.82, 2.24) is 4.23 Å². The second-order valence-electron chi connectivity index (χ2n) is 7.28. The lowest BCUT2D eigenvalue weighted by atomic mass is 10.2. The first-order valence-electron chi connectivity index (χ1n) is 8.70. The lowest BCUT2D eigenvalue weighted by molar-refractivity contribution is -0.674. The Labute approximate surface area is 149 Å². The van der Waals surface area contributed by atoms with Gasteiger partial charge < -0.3 is 4.74 Å². The predicted molar refractivity (Wildman–Crippen MR) is 99.2 cm³/mol. The molecule has 0 radical (unpaired) electrons. The van der Waals surface area contributed by atoms with E-state index in [0.29, 0.717) is 33.9 Å². The monoisotopic (exact) mass is 365 g/mol. The molecule has 2 aromatic heterocycles. The van der Waals surface area contributed by atoms with E-state index in [1.807, 2.05) is 13.1 Å². The van der Waals surface area contributed by atoms with E-state index in [1.165, 1.54) is 0 Å². The maximum Gasteiger partial charge on any atom is 0.343 e. The molecule has 0 fully saturated rings. The van der Waals surface area contributed by atoms with E-state index >= 15 is 0 Å². The largest absolute Gasteiger partial charge is 0.462 e. The normalized spacial score (nSPS) is 18.8. The highest BCUT2D eigenvalue weighted by Gasteiger charge is 2.61. The summed E-state index contributed by atoms with van der Waals surface area (Å²) >= 11 is 6.57. The summed E-state index contributed by atoms with van der Waals surface area (Å²) in [5, 5.41) is 1.45. The van der Waals surface area contributed by atoms with Gasteiger partial charge in [-0.3, -0.25) is 4.23 Å². The summed E-state index contributed by atoms with van der Waals surface area (Å²) in [5.41, 5.74) is 3.13. The number of nitrogens with zero attached hydrogens (tertiary/aromatic N) is 2. The van der Waals surface area contributed by atoms with Gasteiger partial charge in [-0.25, -0.2) is 9.36 Å². The Balaban J connectivity index is 2.31. The molecular weight excluding hydrogens is 340 g/mol. The lowest BCUT2D eigenvalue weighted by Gasteiger charge is -2.33. The molecule has 24 heavy (non-hydrogen) atoms. The fourth-order valence-corrected chi connectivity index (χ4v) is 11.5.